The van der Waals surface area contributed by atoms with Crippen LogP contribution in [-0.2, 0) is 6.42 Å². The lowest BCUT2D eigenvalue weighted by Crippen LogP contribution is -1.95. The lowest BCUT2D eigenvalue weighted by molar-refractivity contribution is 0.404. The zero-order chi connectivity index (χ0) is 14.7. The topological polar surface area (TPSA) is 40.5 Å². The molecule has 1 aliphatic carbocycles. The maximum absolute atomic E-state index is 14.8. The van der Waals surface area contributed by atoms with E-state index in [1.54, 1.807) is 12.1 Å². The molecule has 0 unspecified atom stereocenters. The highest BCUT2D eigenvalue weighted by atomic mass is 19.1. The third-order valence-electron chi connectivity index (χ3n) is 4.03. The first-order valence-electron chi connectivity index (χ1n) is 6.51. The van der Waals surface area contributed by atoms with E-state index in [2.05, 4.69) is 0 Å². The summed E-state index contributed by atoms with van der Waals surface area (Å²) in [5, 5.41) is 19.0. The number of phenols is 2. The third kappa shape index (κ3) is 1.50. The maximum atomic E-state index is 14.8. The maximum Gasteiger partial charge on any atom is 0.158 e. The minimum atomic E-state index is -0.568. The lowest BCUT2D eigenvalue weighted by atomic mass is 9.98. The predicted molar refractivity (Wildman–Crippen MR) is 75.4 cm³/mol. The Kier molecular flexibility index (Phi) is 2.28. The second-order valence-corrected chi connectivity index (χ2v) is 5.20. The number of benzene rings is 3. The molecular weight excluding hydrogens is 274 g/mol. The number of aromatic hydroxyl groups is 2. The monoisotopic (exact) mass is 284 g/mol. The van der Waals surface area contributed by atoms with Crippen molar-refractivity contribution < 1.29 is 19.0 Å². The van der Waals surface area contributed by atoms with Crippen LogP contribution in [0.5, 0.6) is 11.5 Å². The van der Waals surface area contributed by atoms with Crippen LogP contribution in [0.1, 0.15) is 11.1 Å². The van der Waals surface area contributed by atoms with Crippen molar-refractivity contribution in [1.82, 2.24) is 0 Å². The molecule has 4 heteroatoms. The molecule has 0 heterocycles. The van der Waals surface area contributed by atoms with Crippen molar-refractivity contribution in [3.8, 4) is 22.6 Å². The van der Waals surface area contributed by atoms with Gasteiger partial charge < -0.3 is 10.2 Å². The molecule has 3 aromatic rings. The summed E-state index contributed by atoms with van der Waals surface area (Å²) >= 11 is 0. The van der Waals surface area contributed by atoms with E-state index in [-0.39, 0.29) is 16.3 Å². The molecule has 0 saturated carbocycles. The van der Waals surface area contributed by atoms with Crippen molar-refractivity contribution in [2.45, 2.75) is 6.42 Å². The van der Waals surface area contributed by atoms with Gasteiger partial charge in [-0.05, 0) is 23.3 Å². The molecule has 0 bridgehead atoms. The second kappa shape index (κ2) is 3.95. The van der Waals surface area contributed by atoms with Gasteiger partial charge in [-0.2, -0.15) is 0 Å². The van der Waals surface area contributed by atoms with Crippen molar-refractivity contribution in [3.05, 3.63) is 59.2 Å². The Morgan fingerprint density at radius 1 is 0.857 bits per heavy atom. The molecule has 0 atom stereocenters. The van der Waals surface area contributed by atoms with Gasteiger partial charge in [0, 0.05) is 28.3 Å². The number of fused-ring (bicyclic) bond motifs is 4. The molecule has 1 aliphatic rings. The van der Waals surface area contributed by atoms with Crippen molar-refractivity contribution in [2.24, 2.45) is 0 Å². The fraction of sp³-hybridized carbons (Fsp3) is 0.0588. The van der Waals surface area contributed by atoms with Gasteiger partial charge in [0.25, 0.3) is 0 Å². The standard InChI is InChI=1S/C17H10F2O2/c18-16-10-6-13(20)14(21)7-11(10)17(19)15-9-4-2-1-3-8(9)5-12(15)16/h1-4,6-7,20-21H,5H2. The first kappa shape index (κ1) is 12.1. The number of phenolic OH excluding ortho intramolecular Hbond substituents is 2. The van der Waals surface area contributed by atoms with Crippen LogP contribution in [-0.4, -0.2) is 10.2 Å². The molecule has 0 amide bonds. The third-order valence-corrected chi connectivity index (χ3v) is 4.03. The number of rotatable bonds is 0. The molecule has 0 radical (unpaired) electrons. The molecule has 21 heavy (non-hydrogen) atoms. The van der Waals surface area contributed by atoms with E-state index >= 15 is 0 Å². The average molecular weight is 284 g/mol. The van der Waals surface area contributed by atoms with E-state index in [0.717, 1.165) is 17.7 Å². The molecule has 0 spiro atoms. The lowest BCUT2D eigenvalue weighted by Gasteiger charge is -2.10. The molecule has 2 N–H and O–H groups in total. The Bertz CT molecular complexity index is 917. The summed E-state index contributed by atoms with van der Waals surface area (Å²) in [7, 11) is 0. The van der Waals surface area contributed by atoms with Gasteiger partial charge in [0.1, 0.15) is 11.6 Å². The smallest absolute Gasteiger partial charge is 0.158 e. The van der Waals surface area contributed by atoms with Crippen LogP contribution in [0.25, 0.3) is 21.9 Å². The van der Waals surface area contributed by atoms with E-state index in [1.807, 2.05) is 12.1 Å². The SMILES string of the molecule is Oc1cc2c(F)c3c(c(F)c2cc1O)-c1ccccc1C3. The fourth-order valence-electron chi connectivity index (χ4n) is 3.04. The summed E-state index contributed by atoms with van der Waals surface area (Å²) < 4.78 is 29.4. The van der Waals surface area contributed by atoms with Crippen molar-refractivity contribution in [1.29, 1.82) is 0 Å². The summed E-state index contributed by atoms with van der Waals surface area (Å²) in [6.07, 6.45) is 0.325. The minimum absolute atomic E-state index is 0.0191. The van der Waals surface area contributed by atoms with Gasteiger partial charge >= 0.3 is 0 Å². The van der Waals surface area contributed by atoms with Crippen molar-refractivity contribution >= 4 is 10.8 Å². The molecule has 2 nitrogen and oxygen atoms in total. The van der Waals surface area contributed by atoms with Gasteiger partial charge in [0.15, 0.2) is 11.5 Å². The van der Waals surface area contributed by atoms with Gasteiger partial charge in [0.2, 0.25) is 0 Å². The number of halogens is 2. The number of hydrogen-bond acceptors (Lipinski definition) is 2. The van der Waals surface area contributed by atoms with Gasteiger partial charge in [-0.1, -0.05) is 24.3 Å². The van der Waals surface area contributed by atoms with Crippen molar-refractivity contribution in [3.63, 3.8) is 0 Å². The van der Waals surface area contributed by atoms with Crippen LogP contribution in [0.15, 0.2) is 36.4 Å². The van der Waals surface area contributed by atoms with Crippen LogP contribution < -0.4 is 0 Å². The van der Waals surface area contributed by atoms with Crippen LogP contribution in [0.4, 0.5) is 8.78 Å². The van der Waals surface area contributed by atoms with Gasteiger partial charge in [0.05, 0.1) is 0 Å². The van der Waals surface area contributed by atoms with E-state index in [9.17, 15) is 19.0 Å². The van der Waals surface area contributed by atoms with Gasteiger partial charge in [-0.25, -0.2) is 8.78 Å². The second-order valence-electron chi connectivity index (χ2n) is 5.20. The van der Waals surface area contributed by atoms with Gasteiger partial charge in [-0.15, -0.1) is 0 Å². The Hall–Kier alpha value is -2.62. The normalized spacial score (nSPS) is 12.5. The first-order valence-corrected chi connectivity index (χ1v) is 6.51. The van der Waals surface area contributed by atoms with Crippen LogP contribution in [0.2, 0.25) is 0 Å². The summed E-state index contributed by atoms with van der Waals surface area (Å²) in [4.78, 5) is 0. The Morgan fingerprint density at radius 2 is 1.48 bits per heavy atom. The quantitative estimate of drug-likeness (QED) is 0.477. The molecule has 0 saturated heterocycles. The summed E-state index contributed by atoms with van der Waals surface area (Å²) in [5.74, 6) is -2.04. The van der Waals surface area contributed by atoms with Crippen LogP contribution >= 0.6 is 0 Å². The van der Waals surface area contributed by atoms with Crippen LogP contribution in [0, 0.1) is 11.6 Å². The van der Waals surface area contributed by atoms with E-state index in [4.69, 9.17) is 0 Å². The highest BCUT2D eigenvalue weighted by molar-refractivity contribution is 5.95. The van der Waals surface area contributed by atoms with E-state index in [1.165, 1.54) is 0 Å². The minimum Gasteiger partial charge on any atom is -0.504 e. The highest BCUT2D eigenvalue weighted by Crippen LogP contribution is 2.44. The summed E-state index contributed by atoms with van der Waals surface area (Å²) in [6.45, 7) is 0. The highest BCUT2D eigenvalue weighted by Gasteiger charge is 2.28. The average Bonchev–Trinajstić information content (AvgIpc) is 2.87. The fourth-order valence-corrected chi connectivity index (χ4v) is 3.04. The Morgan fingerprint density at radius 3 is 2.19 bits per heavy atom. The van der Waals surface area contributed by atoms with E-state index < -0.39 is 23.1 Å². The summed E-state index contributed by atoms with van der Waals surface area (Å²) in [6, 6.07) is 9.34. The summed E-state index contributed by atoms with van der Waals surface area (Å²) in [5.41, 5.74) is 2.10. The predicted octanol–water partition coefficient (Wildman–Crippen LogP) is 4.10. The van der Waals surface area contributed by atoms with Crippen LogP contribution in [0.3, 0.4) is 0 Å². The molecule has 0 aromatic heterocycles. The molecule has 4 rings (SSSR count). The Labute approximate surface area is 118 Å². The molecule has 3 aromatic carbocycles. The molecule has 0 fully saturated rings. The van der Waals surface area contributed by atoms with Crippen molar-refractivity contribution in [2.75, 3.05) is 0 Å². The zero-order valence-electron chi connectivity index (χ0n) is 10.8. The zero-order valence-corrected chi connectivity index (χ0v) is 10.8. The molecule has 104 valence electrons. The molecule has 0 aliphatic heterocycles. The number of hydrogen-bond donors (Lipinski definition) is 2. The van der Waals surface area contributed by atoms with Gasteiger partial charge in [-0.3, -0.25) is 0 Å². The first-order chi connectivity index (χ1) is 10.1. The molecular formula is C17H10F2O2. The van der Waals surface area contributed by atoms with E-state index in [0.29, 0.717) is 17.5 Å². The largest absolute Gasteiger partial charge is 0.504 e. The Balaban J connectivity index is 2.18.